The Kier molecular flexibility index (Phi) is 4.41. The van der Waals surface area contributed by atoms with Crippen LogP contribution in [0.5, 0.6) is 0 Å². The first-order chi connectivity index (χ1) is 9.61. The molecule has 106 valence electrons. The number of rotatable bonds is 5. The van der Waals surface area contributed by atoms with Gasteiger partial charge in [-0.15, -0.1) is 5.10 Å². The molecule has 1 aromatic heterocycles. The summed E-state index contributed by atoms with van der Waals surface area (Å²) in [6.07, 6.45) is 3.04. The van der Waals surface area contributed by atoms with E-state index < -0.39 is 6.04 Å². The van der Waals surface area contributed by atoms with Crippen LogP contribution in [0.4, 0.5) is 5.69 Å². The molecule has 3 N–H and O–H groups in total. The summed E-state index contributed by atoms with van der Waals surface area (Å²) in [6, 6.07) is 5.11. The molecule has 1 aromatic carbocycles. The largest absolute Gasteiger partial charge is 0.324 e. The number of hydrogen-bond donors (Lipinski definition) is 2. The van der Waals surface area contributed by atoms with Gasteiger partial charge in [0.2, 0.25) is 5.91 Å². The Morgan fingerprint density at radius 3 is 2.95 bits per heavy atom. The second kappa shape index (κ2) is 6.25. The van der Waals surface area contributed by atoms with Crippen LogP contribution in [-0.2, 0) is 4.79 Å². The molecular formula is C13H18N6O. The molecular weight excluding hydrogens is 256 g/mol. The number of nitrogens with two attached hydrogens (primary N) is 1. The number of amides is 1. The number of carbonyl (C=O) groups is 1. The SMILES string of the molecule is CCC[C@H](N)C(=O)Nc1cc(-n2cnnn2)ccc1C. The number of benzene rings is 1. The van der Waals surface area contributed by atoms with Gasteiger partial charge in [-0.2, -0.15) is 0 Å². The maximum Gasteiger partial charge on any atom is 0.241 e. The molecule has 0 aliphatic heterocycles. The number of carbonyl (C=O) groups excluding carboxylic acids is 1. The quantitative estimate of drug-likeness (QED) is 0.848. The third kappa shape index (κ3) is 3.18. The predicted molar refractivity (Wildman–Crippen MR) is 75.4 cm³/mol. The van der Waals surface area contributed by atoms with Gasteiger partial charge in [0.25, 0.3) is 0 Å². The molecule has 1 amide bonds. The molecule has 20 heavy (non-hydrogen) atoms. The monoisotopic (exact) mass is 274 g/mol. The number of tetrazole rings is 1. The summed E-state index contributed by atoms with van der Waals surface area (Å²) in [7, 11) is 0. The van der Waals surface area contributed by atoms with Crippen LogP contribution < -0.4 is 11.1 Å². The zero-order chi connectivity index (χ0) is 14.5. The highest BCUT2D eigenvalue weighted by Gasteiger charge is 2.14. The summed E-state index contributed by atoms with van der Waals surface area (Å²) >= 11 is 0. The Balaban J connectivity index is 2.19. The van der Waals surface area contributed by atoms with E-state index in [0.29, 0.717) is 6.42 Å². The molecule has 7 nitrogen and oxygen atoms in total. The van der Waals surface area contributed by atoms with E-state index in [1.165, 1.54) is 11.0 Å². The summed E-state index contributed by atoms with van der Waals surface area (Å²) in [6.45, 7) is 3.92. The molecule has 2 aromatic rings. The predicted octanol–water partition coefficient (Wildman–Crippen LogP) is 1.04. The first-order valence-electron chi connectivity index (χ1n) is 6.52. The zero-order valence-corrected chi connectivity index (χ0v) is 11.6. The molecule has 7 heteroatoms. The van der Waals surface area contributed by atoms with Crippen LogP contribution in [0, 0.1) is 6.92 Å². The second-order valence-corrected chi connectivity index (χ2v) is 4.64. The Morgan fingerprint density at radius 2 is 2.30 bits per heavy atom. The fraction of sp³-hybridized carbons (Fsp3) is 0.385. The second-order valence-electron chi connectivity index (χ2n) is 4.64. The maximum absolute atomic E-state index is 12.0. The molecule has 0 aliphatic carbocycles. The van der Waals surface area contributed by atoms with Crippen LogP contribution in [0.15, 0.2) is 24.5 Å². The van der Waals surface area contributed by atoms with Crippen molar-refractivity contribution in [2.45, 2.75) is 32.7 Å². The van der Waals surface area contributed by atoms with E-state index in [1.807, 2.05) is 32.0 Å². The fourth-order valence-corrected chi connectivity index (χ4v) is 1.83. The lowest BCUT2D eigenvalue weighted by atomic mass is 10.1. The van der Waals surface area contributed by atoms with E-state index in [-0.39, 0.29) is 5.91 Å². The molecule has 1 heterocycles. The Morgan fingerprint density at radius 1 is 1.50 bits per heavy atom. The molecule has 0 radical (unpaired) electrons. The van der Waals surface area contributed by atoms with Crippen LogP contribution in [0.1, 0.15) is 25.3 Å². The lowest BCUT2D eigenvalue weighted by Crippen LogP contribution is -2.35. The van der Waals surface area contributed by atoms with Crippen molar-refractivity contribution in [1.82, 2.24) is 20.2 Å². The summed E-state index contributed by atoms with van der Waals surface area (Å²) in [5.41, 5.74) is 8.26. The van der Waals surface area contributed by atoms with Crippen LogP contribution in [0.3, 0.4) is 0 Å². The highest BCUT2D eigenvalue weighted by Crippen LogP contribution is 2.19. The van der Waals surface area contributed by atoms with Gasteiger partial charge in [-0.05, 0) is 41.5 Å². The number of hydrogen-bond acceptors (Lipinski definition) is 5. The summed E-state index contributed by atoms with van der Waals surface area (Å²) in [5, 5.41) is 13.8. The highest BCUT2D eigenvalue weighted by atomic mass is 16.2. The van der Waals surface area contributed by atoms with E-state index in [2.05, 4.69) is 20.8 Å². The molecule has 0 spiro atoms. The first-order valence-corrected chi connectivity index (χ1v) is 6.52. The number of aryl methyl sites for hydroxylation is 1. The third-order valence-corrected chi connectivity index (χ3v) is 3.03. The average molecular weight is 274 g/mol. The van der Waals surface area contributed by atoms with E-state index in [0.717, 1.165) is 23.4 Å². The third-order valence-electron chi connectivity index (χ3n) is 3.03. The first kappa shape index (κ1) is 14.1. The topological polar surface area (TPSA) is 98.7 Å². The molecule has 2 rings (SSSR count). The van der Waals surface area contributed by atoms with Gasteiger partial charge in [0.1, 0.15) is 6.33 Å². The van der Waals surface area contributed by atoms with Gasteiger partial charge in [0, 0.05) is 5.69 Å². The number of anilines is 1. The van der Waals surface area contributed by atoms with E-state index in [9.17, 15) is 4.79 Å². The van der Waals surface area contributed by atoms with Crippen LogP contribution >= 0.6 is 0 Å². The van der Waals surface area contributed by atoms with E-state index in [4.69, 9.17) is 5.73 Å². The van der Waals surface area contributed by atoms with Gasteiger partial charge in [-0.1, -0.05) is 19.4 Å². The van der Waals surface area contributed by atoms with Gasteiger partial charge in [-0.3, -0.25) is 4.79 Å². The zero-order valence-electron chi connectivity index (χ0n) is 11.6. The fourth-order valence-electron chi connectivity index (χ4n) is 1.83. The number of nitrogens with zero attached hydrogens (tertiary/aromatic N) is 4. The van der Waals surface area contributed by atoms with Gasteiger partial charge in [0.15, 0.2) is 0 Å². The van der Waals surface area contributed by atoms with Crippen molar-refractivity contribution in [1.29, 1.82) is 0 Å². The van der Waals surface area contributed by atoms with Gasteiger partial charge in [-0.25, -0.2) is 4.68 Å². The van der Waals surface area contributed by atoms with Gasteiger partial charge >= 0.3 is 0 Å². The molecule has 0 fully saturated rings. The molecule has 0 bridgehead atoms. The summed E-state index contributed by atoms with van der Waals surface area (Å²) < 4.78 is 1.53. The van der Waals surface area contributed by atoms with E-state index >= 15 is 0 Å². The lowest BCUT2D eigenvalue weighted by molar-refractivity contribution is -0.117. The molecule has 0 saturated heterocycles. The van der Waals surface area contributed by atoms with Crippen molar-refractivity contribution in [3.8, 4) is 5.69 Å². The van der Waals surface area contributed by atoms with Gasteiger partial charge in [0.05, 0.1) is 11.7 Å². The molecule has 0 unspecified atom stereocenters. The molecule has 0 aliphatic rings. The Bertz CT molecular complexity index is 581. The van der Waals surface area contributed by atoms with Crippen molar-refractivity contribution >= 4 is 11.6 Å². The highest BCUT2D eigenvalue weighted by molar-refractivity contribution is 5.95. The van der Waals surface area contributed by atoms with Crippen molar-refractivity contribution in [2.24, 2.45) is 5.73 Å². The Hall–Kier alpha value is -2.28. The standard InChI is InChI=1S/C13H18N6O/c1-3-4-11(14)13(20)16-12-7-10(6-5-9(12)2)19-8-15-17-18-19/h5-8,11H,3-4,14H2,1-2H3,(H,16,20)/t11-/m0/s1. The summed E-state index contributed by atoms with van der Waals surface area (Å²) in [5.74, 6) is -0.177. The van der Waals surface area contributed by atoms with Crippen LogP contribution in [-0.4, -0.2) is 32.2 Å². The minimum absolute atomic E-state index is 0.177. The molecule has 0 saturated carbocycles. The van der Waals surface area contributed by atoms with Crippen LogP contribution in [0.2, 0.25) is 0 Å². The van der Waals surface area contributed by atoms with Crippen LogP contribution in [0.25, 0.3) is 5.69 Å². The average Bonchev–Trinajstić information content (AvgIpc) is 2.95. The normalized spacial score (nSPS) is 12.2. The smallest absolute Gasteiger partial charge is 0.241 e. The van der Waals surface area contributed by atoms with Crippen molar-refractivity contribution in [2.75, 3.05) is 5.32 Å². The number of aromatic nitrogens is 4. The van der Waals surface area contributed by atoms with E-state index in [1.54, 1.807) is 0 Å². The lowest BCUT2D eigenvalue weighted by Gasteiger charge is -2.14. The minimum atomic E-state index is -0.490. The number of nitrogens with one attached hydrogen (secondary N) is 1. The van der Waals surface area contributed by atoms with Crippen molar-refractivity contribution in [3.63, 3.8) is 0 Å². The van der Waals surface area contributed by atoms with Crippen molar-refractivity contribution in [3.05, 3.63) is 30.1 Å². The Labute approximate surface area is 117 Å². The van der Waals surface area contributed by atoms with Gasteiger partial charge < -0.3 is 11.1 Å². The minimum Gasteiger partial charge on any atom is -0.324 e. The molecule has 1 atom stereocenters. The maximum atomic E-state index is 12.0. The van der Waals surface area contributed by atoms with Crippen molar-refractivity contribution < 1.29 is 4.79 Å². The summed E-state index contributed by atoms with van der Waals surface area (Å²) in [4.78, 5) is 12.0.